The quantitative estimate of drug-likeness (QED) is 0.748. The summed E-state index contributed by atoms with van der Waals surface area (Å²) in [5.74, 6) is 0.372. The van der Waals surface area contributed by atoms with Gasteiger partial charge >= 0.3 is 0 Å². The Labute approximate surface area is 161 Å². The molecule has 1 aromatic carbocycles. The molecule has 0 bridgehead atoms. The Hall–Kier alpha value is -2.17. The van der Waals surface area contributed by atoms with Crippen molar-refractivity contribution in [2.45, 2.75) is 51.4 Å². The van der Waals surface area contributed by atoms with Crippen molar-refractivity contribution in [2.24, 2.45) is 5.92 Å². The highest BCUT2D eigenvalue weighted by Gasteiger charge is 2.30. The zero-order valence-corrected chi connectivity index (χ0v) is 16.1. The van der Waals surface area contributed by atoms with Gasteiger partial charge in [0.05, 0.1) is 0 Å². The second-order valence-electron chi connectivity index (χ2n) is 7.68. The minimum atomic E-state index is 0.00942. The number of likely N-dealkylation sites (tertiary alicyclic amines) is 2. The molecule has 0 unspecified atom stereocenters. The standard InChI is InChI=1S/C22H30N2O3/c25-20(18-8-4-3-5-9-18)10-11-21(26)23-16-12-19(13-17-23)22(27)24-14-6-1-2-7-15-24/h3-5,8-9,19H,1-2,6-7,10-17H2. The third-order valence-corrected chi connectivity index (χ3v) is 5.78. The maximum Gasteiger partial charge on any atom is 0.225 e. The minimum Gasteiger partial charge on any atom is -0.343 e. The van der Waals surface area contributed by atoms with E-state index in [9.17, 15) is 14.4 Å². The van der Waals surface area contributed by atoms with Crippen molar-refractivity contribution in [3.63, 3.8) is 0 Å². The lowest BCUT2D eigenvalue weighted by Gasteiger charge is -2.34. The van der Waals surface area contributed by atoms with Crippen LogP contribution in [0.15, 0.2) is 30.3 Å². The number of carbonyl (C=O) groups excluding carboxylic acids is 3. The van der Waals surface area contributed by atoms with Crippen LogP contribution in [-0.4, -0.2) is 53.6 Å². The lowest BCUT2D eigenvalue weighted by molar-refractivity contribution is -0.140. The topological polar surface area (TPSA) is 57.7 Å². The molecule has 2 aliphatic heterocycles. The van der Waals surface area contributed by atoms with E-state index in [1.165, 1.54) is 12.8 Å². The molecule has 0 radical (unpaired) electrons. The van der Waals surface area contributed by atoms with E-state index in [1.807, 2.05) is 28.0 Å². The largest absolute Gasteiger partial charge is 0.343 e. The summed E-state index contributed by atoms with van der Waals surface area (Å²) in [7, 11) is 0. The van der Waals surface area contributed by atoms with E-state index >= 15 is 0 Å². The first-order valence-corrected chi connectivity index (χ1v) is 10.3. The maximum absolute atomic E-state index is 12.7. The number of nitrogens with zero attached hydrogens (tertiary/aromatic N) is 2. The molecule has 0 aliphatic carbocycles. The smallest absolute Gasteiger partial charge is 0.225 e. The van der Waals surface area contributed by atoms with Gasteiger partial charge in [-0.25, -0.2) is 0 Å². The highest BCUT2D eigenvalue weighted by Crippen LogP contribution is 2.22. The number of rotatable bonds is 5. The van der Waals surface area contributed by atoms with Crippen molar-refractivity contribution in [3.8, 4) is 0 Å². The van der Waals surface area contributed by atoms with Crippen LogP contribution < -0.4 is 0 Å². The van der Waals surface area contributed by atoms with Crippen LogP contribution in [0.25, 0.3) is 0 Å². The molecule has 2 heterocycles. The molecule has 2 amide bonds. The molecule has 146 valence electrons. The molecule has 27 heavy (non-hydrogen) atoms. The molecule has 0 spiro atoms. The van der Waals surface area contributed by atoms with Crippen LogP contribution in [-0.2, 0) is 9.59 Å². The number of hydrogen-bond donors (Lipinski definition) is 0. The van der Waals surface area contributed by atoms with Gasteiger partial charge in [0, 0.05) is 50.5 Å². The van der Waals surface area contributed by atoms with Crippen LogP contribution in [0.3, 0.4) is 0 Å². The first-order chi connectivity index (χ1) is 13.1. The number of hydrogen-bond acceptors (Lipinski definition) is 3. The summed E-state index contributed by atoms with van der Waals surface area (Å²) in [5.41, 5.74) is 0.659. The Morgan fingerprint density at radius 1 is 0.778 bits per heavy atom. The fraction of sp³-hybridized carbons (Fsp3) is 0.591. The maximum atomic E-state index is 12.7. The highest BCUT2D eigenvalue weighted by atomic mass is 16.2. The Bertz CT molecular complexity index is 643. The number of Topliss-reactive ketones (excluding diaryl/α,β-unsaturated/α-hetero) is 1. The van der Waals surface area contributed by atoms with Crippen LogP contribution in [0.2, 0.25) is 0 Å². The van der Waals surface area contributed by atoms with Crippen LogP contribution in [0, 0.1) is 5.92 Å². The van der Waals surface area contributed by atoms with Gasteiger partial charge in [0.1, 0.15) is 0 Å². The summed E-state index contributed by atoms with van der Waals surface area (Å²) >= 11 is 0. The fourth-order valence-electron chi connectivity index (χ4n) is 4.07. The minimum absolute atomic E-state index is 0.00942. The molecule has 2 saturated heterocycles. The molecular formula is C22H30N2O3. The summed E-state index contributed by atoms with van der Waals surface area (Å²) in [4.78, 5) is 41.2. The zero-order chi connectivity index (χ0) is 19.1. The highest BCUT2D eigenvalue weighted by molar-refractivity contribution is 5.97. The SMILES string of the molecule is O=C(CCC(=O)N1CCC(C(=O)N2CCCCCC2)CC1)c1ccccc1. The lowest BCUT2D eigenvalue weighted by atomic mass is 9.94. The third-order valence-electron chi connectivity index (χ3n) is 5.78. The molecule has 3 rings (SSSR count). The van der Waals surface area contributed by atoms with Crippen molar-refractivity contribution in [1.82, 2.24) is 9.80 Å². The van der Waals surface area contributed by atoms with Gasteiger partial charge < -0.3 is 9.80 Å². The van der Waals surface area contributed by atoms with Gasteiger partial charge in [-0.05, 0) is 25.7 Å². The van der Waals surface area contributed by atoms with E-state index in [-0.39, 0.29) is 36.4 Å². The van der Waals surface area contributed by atoms with E-state index < -0.39 is 0 Å². The monoisotopic (exact) mass is 370 g/mol. The molecule has 2 fully saturated rings. The van der Waals surface area contributed by atoms with Gasteiger partial charge in [0.25, 0.3) is 0 Å². The summed E-state index contributed by atoms with van der Waals surface area (Å²) in [5, 5.41) is 0. The van der Waals surface area contributed by atoms with Crippen molar-refractivity contribution >= 4 is 17.6 Å². The van der Waals surface area contributed by atoms with Crippen LogP contribution >= 0.6 is 0 Å². The average Bonchev–Trinajstić information content (AvgIpc) is 3.01. The van der Waals surface area contributed by atoms with Crippen molar-refractivity contribution in [1.29, 1.82) is 0 Å². The van der Waals surface area contributed by atoms with Crippen LogP contribution in [0.1, 0.15) is 61.7 Å². The fourth-order valence-corrected chi connectivity index (χ4v) is 4.07. The van der Waals surface area contributed by atoms with Crippen molar-refractivity contribution in [3.05, 3.63) is 35.9 Å². The number of carbonyl (C=O) groups is 3. The van der Waals surface area contributed by atoms with E-state index in [0.717, 1.165) is 38.8 Å². The molecule has 2 aliphatic rings. The van der Waals surface area contributed by atoms with Gasteiger partial charge in [-0.15, -0.1) is 0 Å². The van der Waals surface area contributed by atoms with Gasteiger partial charge in [-0.3, -0.25) is 14.4 Å². The van der Waals surface area contributed by atoms with E-state index in [0.29, 0.717) is 18.7 Å². The summed E-state index contributed by atoms with van der Waals surface area (Å²) in [6, 6.07) is 9.11. The number of piperidine rings is 1. The predicted octanol–water partition coefficient (Wildman–Crippen LogP) is 3.29. The normalized spacial score (nSPS) is 18.8. The van der Waals surface area contributed by atoms with Gasteiger partial charge in [-0.2, -0.15) is 0 Å². The van der Waals surface area contributed by atoms with E-state index in [2.05, 4.69) is 0 Å². The number of ketones is 1. The van der Waals surface area contributed by atoms with Gasteiger partial charge in [0.15, 0.2) is 5.78 Å². The Morgan fingerprint density at radius 2 is 1.41 bits per heavy atom. The van der Waals surface area contributed by atoms with Crippen LogP contribution in [0.4, 0.5) is 0 Å². The van der Waals surface area contributed by atoms with Gasteiger partial charge in [-0.1, -0.05) is 43.2 Å². The molecule has 0 atom stereocenters. The Kier molecular flexibility index (Phi) is 7.02. The second-order valence-corrected chi connectivity index (χ2v) is 7.68. The van der Waals surface area contributed by atoms with E-state index in [4.69, 9.17) is 0 Å². The molecule has 0 aromatic heterocycles. The lowest BCUT2D eigenvalue weighted by Crippen LogP contribution is -2.44. The zero-order valence-electron chi connectivity index (χ0n) is 16.1. The van der Waals surface area contributed by atoms with Gasteiger partial charge in [0.2, 0.25) is 11.8 Å². The second kappa shape index (κ2) is 9.67. The number of benzene rings is 1. The van der Waals surface area contributed by atoms with Crippen molar-refractivity contribution < 1.29 is 14.4 Å². The third kappa shape index (κ3) is 5.41. The van der Waals surface area contributed by atoms with Crippen molar-refractivity contribution in [2.75, 3.05) is 26.2 Å². The first-order valence-electron chi connectivity index (χ1n) is 10.3. The predicted molar refractivity (Wildman–Crippen MR) is 104 cm³/mol. The molecule has 0 saturated carbocycles. The van der Waals surface area contributed by atoms with E-state index in [1.54, 1.807) is 12.1 Å². The molecule has 5 heteroatoms. The molecule has 1 aromatic rings. The summed E-state index contributed by atoms with van der Waals surface area (Å²) in [6.45, 7) is 3.03. The Balaban J connectivity index is 1.42. The molecule has 0 N–H and O–H groups in total. The first kappa shape index (κ1) is 19.6. The average molecular weight is 370 g/mol. The Morgan fingerprint density at radius 3 is 2.04 bits per heavy atom. The molecular weight excluding hydrogens is 340 g/mol. The number of amides is 2. The summed E-state index contributed by atoms with van der Waals surface area (Å²) in [6.07, 6.45) is 6.64. The van der Waals surface area contributed by atoms with Crippen LogP contribution in [0.5, 0.6) is 0 Å². The summed E-state index contributed by atoms with van der Waals surface area (Å²) < 4.78 is 0. The molecule has 5 nitrogen and oxygen atoms in total.